The van der Waals surface area contributed by atoms with Gasteiger partial charge in [0.15, 0.2) is 23.0 Å². The Morgan fingerprint density at radius 3 is 2.41 bits per heavy atom. The van der Waals surface area contributed by atoms with Crippen molar-refractivity contribution in [2.45, 2.75) is 20.3 Å². The average Bonchev–Trinajstić information content (AvgIpc) is 2.71. The minimum atomic E-state index is -0.255. The molecule has 1 heterocycles. The molecule has 3 rings (SSSR count). The number of methoxy groups -OCH3 is 3. The highest BCUT2D eigenvalue weighted by atomic mass is 16.5. The number of phenolic OH excluding ortho intramolecular Hbond substituents is 1. The largest absolute Gasteiger partial charge is 0.504 e. The minimum Gasteiger partial charge on any atom is -0.504 e. The van der Waals surface area contributed by atoms with Crippen molar-refractivity contribution in [3.8, 4) is 34.1 Å². The van der Waals surface area contributed by atoms with Gasteiger partial charge in [-0.15, -0.1) is 0 Å². The lowest BCUT2D eigenvalue weighted by Gasteiger charge is -2.13. The van der Waals surface area contributed by atoms with E-state index in [1.165, 1.54) is 26.5 Å². The van der Waals surface area contributed by atoms with E-state index < -0.39 is 0 Å². The molecule has 0 unspecified atom stereocenters. The van der Waals surface area contributed by atoms with Crippen molar-refractivity contribution in [2.75, 3.05) is 21.3 Å². The van der Waals surface area contributed by atoms with Crippen LogP contribution in [0.4, 0.5) is 0 Å². The van der Waals surface area contributed by atoms with Crippen LogP contribution in [0.1, 0.15) is 19.4 Å². The van der Waals surface area contributed by atoms with E-state index in [4.69, 9.17) is 18.6 Å². The highest BCUT2D eigenvalue weighted by Crippen LogP contribution is 2.38. The van der Waals surface area contributed by atoms with Crippen LogP contribution in [-0.4, -0.2) is 26.4 Å². The van der Waals surface area contributed by atoms with E-state index in [9.17, 15) is 9.90 Å². The molecule has 6 nitrogen and oxygen atoms in total. The van der Waals surface area contributed by atoms with Crippen LogP contribution in [0, 0.1) is 0 Å². The van der Waals surface area contributed by atoms with Gasteiger partial charge in [-0.3, -0.25) is 4.79 Å². The number of ether oxygens (including phenoxy) is 3. The number of fused-ring (bicyclic) bond motifs is 1. The monoisotopic (exact) mass is 396 g/mol. The van der Waals surface area contributed by atoms with Gasteiger partial charge in [-0.25, -0.2) is 0 Å². The van der Waals surface area contributed by atoms with E-state index in [1.54, 1.807) is 25.3 Å². The molecule has 0 spiro atoms. The van der Waals surface area contributed by atoms with Gasteiger partial charge >= 0.3 is 0 Å². The van der Waals surface area contributed by atoms with E-state index in [0.717, 1.165) is 5.57 Å². The molecule has 0 saturated carbocycles. The lowest BCUT2D eigenvalue weighted by Crippen LogP contribution is -2.07. The second-order valence-corrected chi connectivity index (χ2v) is 6.82. The number of allylic oxidation sites excluding steroid dienone is 2. The first kappa shape index (κ1) is 20.3. The third-order valence-electron chi connectivity index (χ3n) is 4.70. The molecule has 152 valence electrons. The highest BCUT2D eigenvalue weighted by molar-refractivity contribution is 5.88. The molecular weight excluding hydrogens is 372 g/mol. The molecular formula is C23H24O6. The number of benzene rings is 2. The van der Waals surface area contributed by atoms with Crippen molar-refractivity contribution in [1.82, 2.24) is 0 Å². The molecule has 0 atom stereocenters. The third kappa shape index (κ3) is 3.78. The molecule has 0 bridgehead atoms. The van der Waals surface area contributed by atoms with E-state index in [2.05, 4.69) is 0 Å². The number of hydrogen-bond donors (Lipinski definition) is 1. The van der Waals surface area contributed by atoms with E-state index in [-0.39, 0.29) is 16.6 Å². The van der Waals surface area contributed by atoms with Gasteiger partial charge in [0.05, 0.1) is 32.3 Å². The zero-order chi connectivity index (χ0) is 21.1. The van der Waals surface area contributed by atoms with Gasteiger partial charge < -0.3 is 23.7 Å². The second-order valence-electron chi connectivity index (χ2n) is 6.82. The molecule has 0 aliphatic carbocycles. The first-order valence-corrected chi connectivity index (χ1v) is 9.11. The van der Waals surface area contributed by atoms with E-state index in [0.29, 0.717) is 45.9 Å². The van der Waals surface area contributed by atoms with Crippen LogP contribution in [0.15, 0.2) is 51.4 Å². The Morgan fingerprint density at radius 1 is 1.07 bits per heavy atom. The van der Waals surface area contributed by atoms with Crippen molar-refractivity contribution in [3.05, 3.63) is 58.0 Å². The van der Waals surface area contributed by atoms with Crippen molar-refractivity contribution < 1.29 is 23.7 Å². The summed E-state index contributed by atoms with van der Waals surface area (Å²) in [7, 11) is 4.55. The Hall–Kier alpha value is -3.41. The molecule has 0 amide bonds. The summed E-state index contributed by atoms with van der Waals surface area (Å²) in [6, 6.07) is 6.58. The maximum Gasteiger partial charge on any atom is 0.200 e. The predicted octanol–water partition coefficient (Wildman–Crippen LogP) is 4.70. The van der Waals surface area contributed by atoms with Crippen LogP contribution in [0.2, 0.25) is 0 Å². The SMILES string of the molecule is COc1ccc(-c2coc3c(CC=C(C)C)c(OC)c(O)cc3c2=O)cc1OC. The van der Waals surface area contributed by atoms with Crippen molar-refractivity contribution in [1.29, 1.82) is 0 Å². The minimum absolute atomic E-state index is 0.103. The molecule has 1 N–H and O–H groups in total. The smallest absolute Gasteiger partial charge is 0.200 e. The topological polar surface area (TPSA) is 78.1 Å². The lowest BCUT2D eigenvalue weighted by atomic mass is 10.0. The average molecular weight is 396 g/mol. The molecule has 2 aromatic carbocycles. The maximum atomic E-state index is 13.2. The molecule has 1 aromatic heterocycles. The zero-order valence-electron chi connectivity index (χ0n) is 17.2. The van der Waals surface area contributed by atoms with Gasteiger partial charge in [0.25, 0.3) is 0 Å². The van der Waals surface area contributed by atoms with E-state index in [1.807, 2.05) is 19.9 Å². The predicted molar refractivity (Wildman–Crippen MR) is 112 cm³/mol. The fourth-order valence-corrected chi connectivity index (χ4v) is 3.23. The summed E-state index contributed by atoms with van der Waals surface area (Å²) in [6.45, 7) is 3.95. The van der Waals surface area contributed by atoms with Gasteiger partial charge in [0.2, 0.25) is 5.43 Å². The fraction of sp³-hybridized carbons (Fsp3) is 0.261. The van der Waals surface area contributed by atoms with Crippen molar-refractivity contribution in [2.24, 2.45) is 0 Å². The number of aromatic hydroxyl groups is 1. The summed E-state index contributed by atoms with van der Waals surface area (Å²) in [6.07, 6.45) is 3.88. The Balaban J connectivity index is 2.25. The summed E-state index contributed by atoms with van der Waals surface area (Å²) in [5.41, 5.74) is 2.85. The van der Waals surface area contributed by atoms with Gasteiger partial charge in [0.1, 0.15) is 11.8 Å². The van der Waals surface area contributed by atoms with Crippen LogP contribution >= 0.6 is 0 Å². The Bertz CT molecular complexity index is 1140. The van der Waals surface area contributed by atoms with Crippen LogP contribution < -0.4 is 19.6 Å². The van der Waals surface area contributed by atoms with Crippen molar-refractivity contribution >= 4 is 11.0 Å². The molecule has 6 heteroatoms. The van der Waals surface area contributed by atoms with Gasteiger partial charge in [-0.1, -0.05) is 17.7 Å². The summed E-state index contributed by atoms with van der Waals surface area (Å²) < 4.78 is 21.8. The molecule has 0 saturated heterocycles. The summed E-state index contributed by atoms with van der Waals surface area (Å²) in [5.74, 6) is 1.27. The van der Waals surface area contributed by atoms with Crippen molar-refractivity contribution in [3.63, 3.8) is 0 Å². The van der Waals surface area contributed by atoms with Crippen LogP contribution in [0.3, 0.4) is 0 Å². The molecule has 0 fully saturated rings. The van der Waals surface area contributed by atoms with Gasteiger partial charge in [0, 0.05) is 5.56 Å². The summed E-state index contributed by atoms with van der Waals surface area (Å²) in [5, 5.41) is 10.7. The second kappa shape index (κ2) is 8.31. The molecule has 29 heavy (non-hydrogen) atoms. The lowest BCUT2D eigenvalue weighted by molar-refractivity contribution is 0.355. The Labute approximate surface area is 169 Å². The third-order valence-corrected chi connectivity index (χ3v) is 4.70. The maximum absolute atomic E-state index is 13.2. The van der Waals surface area contributed by atoms with Crippen LogP contribution in [0.25, 0.3) is 22.1 Å². The molecule has 0 aliphatic rings. The highest BCUT2D eigenvalue weighted by Gasteiger charge is 2.19. The number of phenols is 1. The summed E-state index contributed by atoms with van der Waals surface area (Å²) >= 11 is 0. The normalized spacial score (nSPS) is 10.7. The molecule has 0 aliphatic heterocycles. The van der Waals surface area contributed by atoms with Crippen LogP contribution in [0.5, 0.6) is 23.0 Å². The standard InChI is InChI=1S/C23H24O6/c1-13(2)6-8-15-22-16(11-18(24)23(15)28-5)21(25)17(12-29-22)14-7-9-19(26-3)20(10-14)27-4/h6-7,9-12,24H,8H2,1-5H3. The van der Waals surface area contributed by atoms with Crippen LogP contribution in [-0.2, 0) is 6.42 Å². The zero-order valence-corrected chi connectivity index (χ0v) is 17.2. The summed E-state index contributed by atoms with van der Waals surface area (Å²) in [4.78, 5) is 13.2. The number of rotatable bonds is 6. The quantitative estimate of drug-likeness (QED) is 0.609. The van der Waals surface area contributed by atoms with Gasteiger partial charge in [-0.2, -0.15) is 0 Å². The fourth-order valence-electron chi connectivity index (χ4n) is 3.23. The molecule has 0 radical (unpaired) electrons. The number of hydrogen-bond acceptors (Lipinski definition) is 6. The van der Waals surface area contributed by atoms with E-state index >= 15 is 0 Å². The molecule has 3 aromatic rings. The first-order chi connectivity index (χ1) is 13.9. The first-order valence-electron chi connectivity index (χ1n) is 9.11. The van der Waals surface area contributed by atoms with Gasteiger partial charge in [-0.05, 0) is 44.0 Å². The Morgan fingerprint density at radius 2 is 1.79 bits per heavy atom. The Kier molecular flexibility index (Phi) is 5.82.